The van der Waals surface area contributed by atoms with Gasteiger partial charge in [-0.05, 0) is 76.1 Å². The molecule has 3 aromatic carbocycles. The molecule has 0 aliphatic heterocycles. The maximum atomic E-state index is 12.7. The summed E-state index contributed by atoms with van der Waals surface area (Å²) in [4.78, 5) is 0.0328. The van der Waals surface area contributed by atoms with Crippen molar-refractivity contribution in [1.82, 2.24) is 0 Å². The van der Waals surface area contributed by atoms with Gasteiger partial charge in [-0.25, -0.2) is 0 Å². The first-order valence-electron chi connectivity index (χ1n) is 8.59. The highest BCUT2D eigenvalue weighted by atomic mass is 79.9. The Bertz CT molecular complexity index is 1230. The molecule has 152 valence electrons. The van der Waals surface area contributed by atoms with Gasteiger partial charge in [0.05, 0.1) is 23.2 Å². The molecule has 8 heteroatoms. The summed E-state index contributed by atoms with van der Waals surface area (Å²) in [6.45, 7) is 0. The minimum Gasteiger partial charge on any atom is -0.497 e. The Morgan fingerprint density at radius 1 is 1.03 bits per heavy atom. The normalized spacial score (nSPS) is 11.6. The van der Waals surface area contributed by atoms with Crippen molar-refractivity contribution in [2.75, 3.05) is 7.11 Å². The predicted octanol–water partition coefficient (Wildman–Crippen LogP) is 6.05. The second kappa shape index (κ2) is 9.47. The highest BCUT2D eigenvalue weighted by Crippen LogP contribution is 2.37. The van der Waals surface area contributed by atoms with Gasteiger partial charge in [0.2, 0.25) is 0 Å². The summed E-state index contributed by atoms with van der Waals surface area (Å²) in [5.74, 6) is 0.752. The fourth-order valence-corrected chi connectivity index (χ4v) is 5.07. The molecule has 0 saturated carbocycles. The van der Waals surface area contributed by atoms with Crippen LogP contribution in [0.5, 0.6) is 11.5 Å². The Hall–Kier alpha value is -2.60. The Balaban J connectivity index is 2.08. The molecule has 0 heterocycles. The molecular formula is C22H15Br2NO4S. The molecule has 0 fully saturated rings. The molecule has 3 rings (SSSR count). The molecule has 0 aliphatic rings. The van der Waals surface area contributed by atoms with Crippen molar-refractivity contribution in [3.8, 4) is 17.6 Å². The average molecular weight is 549 g/mol. The summed E-state index contributed by atoms with van der Waals surface area (Å²) >= 11 is 6.76. The summed E-state index contributed by atoms with van der Waals surface area (Å²) in [6.07, 6.45) is 1.58. The molecular weight excluding hydrogens is 534 g/mol. The number of hydrogen-bond acceptors (Lipinski definition) is 5. The van der Waals surface area contributed by atoms with Crippen molar-refractivity contribution in [1.29, 1.82) is 5.26 Å². The lowest BCUT2D eigenvalue weighted by molar-refractivity contribution is 0.415. The summed E-state index contributed by atoms with van der Waals surface area (Å²) in [5, 5.41) is 9.68. The Morgan fingerprint density at radius 2 is 1.70 bits per heavy atom. The number of methoxy groups -OCH3 is 1. The lowest BCUT2D eigenvalue weighted by atomic mass is 10.0. The van der Waals surface area contributed by atoms with E-state index in [4.69, 9.17) is 8.92 Å². The first kappa shape index (κ1) is 22.1. The number of nitrogens with zero attached hydrogens (tertiary/aromatic N) is 1. The summed E-state index contributed by atoms with van der Waals surface area (Å²) in [5.41, 5.74) is 1.42. The molecule has 5 nitrogen and oxygen atoms in total. The minimum atomic E-state index is -4.06. The Labute approximate surface area is 192 Å². The fourth-order valence-electron chi connectivity index (χ4n) is 2.63. The number of rotatable bonds is 6. The van der Waals surface area contributed by atoms with Gasteiger partial charge in [-0.15, -0.1) is 0 Å². The van der Waals surface area contributed by atoms with Gasteiger partial charge in [0, 0.05) is 10.0 Å². The molecule has 0 aromatic heterocycles. The van der Waals surface area contributed by atoms with Gasteiger partial charge < -0.3 is 8.92 Å². The molecule has 0 saturated heterocycles. The maximum Gasteiger partial charge on any atom is 0.339 e. The van der Waals surface area contributed by atoms with Gasteiger partial charge in [-0.2, -0.15) is 13.7 Å². The van der Waals surface area contributed by atoms with Crippen LogP contribution in [0.2, 0.25) is 0 Å². The zero-order valence-electron chi connectivity index (χ0n) is 15.7. The number of allylic oxidation sites excluding steroid dienone is 1. The Morgan fingerprint density at radius 3 is 2.30 bits per heavy atom. The predicted molar refractivity (Wildman–Crippen MR) is 123 cm³/mol. The van der Waals surface area contributed by atoms with Crippen molar-refractivity contribution in [3.63, 3.8) is 0 Å². The van der Waals surface area contributed by atoms with E-state index in [9.17, 15) is 13.7 Å². The van der Waals surface area contributed by atoms with Gasteiger partial charge in [-0.3, -0.25) is 0 Å². The van der Waals surface area contributed by atoms with E-state index in [0.717, 1.165) is 0 Å². The van der Waals surface area contributed by atoms with Crippen LogP contribution in [0.25, 0.3) is 11.6 Å². The highest BCUT2D eigenvalue weighted by Gasteiger charge is 2.21. The zero-order valence-corrected chi connectivity index (χ0v) is 19.7. The second-order valence-electron chi connectivity index (χ2n) is 6.05. The van der Waals surface area contributed by atoms with E-state index in [2.05, 4.69) is 37.9 Å². The molecule has 0 amide bonds. The molecule has 0 unspecified atom stereocenters. The standard InChI is InChI=1S/C22H15Br2NO4S/c1-28-19-9-7-15(8-10-19)17(14-25)11-16-12-18(23)13-21(24)22(16)29-30(26,27)20-5-3-2-4-6-20/h2-13H,1H3/b17-11+. The van der Waals surface area contributed by atoms with Crippen LogP contribution >= 0.6 is 31.9 Å². The van der Waals surface area contributed by atoms with Gasteiger partial charge in [0.25, 0.3) is 0 Å². The minimum absolute atomic E-state index is 0.0328. The van der Waals surface area contributed by atoms with Crippen LogP contribution in [0.4, 0.5) is 0 Å². The average Bonchev–Trinajstić information content (AvgIpc) is 2.75. The van der Waals surface area contributed by atoms with E-state index in [-0.39, 0.29) is 10.6 Å². The molecule has 0 radical (unpaired) electrons. The van der Waals surface area contributed by atoms with Crippen LogP contribution in [0.15, 0.2) is 80.6 Å². The third-order valence-electron chi connectivity index (χ3n) is 4.08. The van der Waals surface area contributed by atoms with Crippen LogP contribution in [0.3, 0.4) is 0 Å². The SMILES string of the molecule is COc1ccc(/C(C#N)=C/c2cc(Br)cc(Br)c2OS(=O)(=O)c2ccccc2)cc1. The topological polar surface area (TPSA) is 76.4 Å². The van der Waals surface area contributed by atoms with Gasteiger partial charge in [-0.1, -0.05) is 34.1 Å². The first-order chi connectivity index (χ1) is 14.3. The molecule has 0 bridgehead atoms. The molecule has 30 heavy (non-hydrogen) atoms. The van der Waals surface area contributed by atoms with E-state index >= 15 is 0 Å². The Kier molecular flexibility index (Phi) is 6.98. The zero-order chi connectivity index (χ0) is 21.7. The highest BCUT2D eigenvalue weighted by molar-refractivity contribution is 9.11. The number of benzene rings is 3. The van der Waals surface area contributed by atoms with Crippen molar-refractivity contribution in [2.24, 2.45) is 0 Å². The largest absolute Gasteiger partial charge is 0.497 e. The van der Waals surface area contributed by atoms with Crippen LogP contribution in [-0.2, 0) is 10.1 Å². The molecule has 0 atom stereocenters. The third-order valence-corrected chi connectivity index (χ3v) is 6.37. The summed E-state index contributed by atoms with van der Waals surface area (Å²) < 4.78 is 37.2. The first-order valence-corrected chi connectivity index (χ1v) is 11.6. The quantitative estimate of drug-likeness (QED) is 0.213. The van der Waals surface area contributed by atoms with Crippen LogP contribution in [-0.4, -0.2) is 15.5 Å². The number of ether oxygens (including phenoxy) is 1. The van der Waals surface area contributed by atoms with E-state index in [0.29, 0.717) is 31.4 Å². The van der Waals surface area contributed by atoms with E-state index in [1.165, 1.54) is 12.1 Å². The van der Waals surface area contributed by atoms with Crippen molar-refractivity contribution < 1.29 is 17.3 Å². The van der Waals surface area contributed by atoms with Gasteiger partial charge in [0.15, 0.2) is 5.75 Å². The second-order valence-corrected chi connectivity index (χ2v) is 9.37. The van der Waals surface area contributed by atoms with Crippen molar-refractivity contribution in [3.05, 3.63) is 86.8 Å². The summed E-state index contributed by atoms with van der Waals surface area (Å²) in [6, 6.07) is 20.4. The smallest absolute Gasteiger partial charge is 0.339 e. The van der Waals surface area contributed by atoms with Gasteiger partial charge in [0.1, 0.15) is 10.6 Å². The molecule has 0 spiro atoms. The fraction of sp³-hybridized carbons (Fsp3) is 0.0455. The third kappa shape index (κ3) is 5.11. The molecule has 0 aliphatic carbocycles. The van der Waals surface area contributed by atoms with Crippen LogP contribution in [0, 0.1) is 11.3 Å². The monoisotopic (exact) mass is 547 g/mol. The van der Waals surface area contributed by atoms with Crippen molar-refractivity contribution >= 4 is 53.6 Å². The van der Waals surface area contributed by atoms with E-state index < -0.39 is 10.1 Å². The number of hydrogen-bond donors (Lipinski definition) is 0. The van der Waals surface area contributed by atoms with Gasteiger partial charge >= 0.3 is 10.1 Å². The van der Waals surface area contributed by atoms with Crippen molar-refractivity contribution in [2.45, 2.75) is 4.90 Å². The number of halogens is 2. The van der Waals surface area contributed by atoms with Crippen LogP contribution < -0.4 is 8.92 Å². The lowest BCUT2D eigenvalue weighted by Gasteiger charge is -2.13. The molecule has 3 aromatic rings. The van der Waals surface area contributed by atoms with E-state index in [1.54, 1.807) is 67.8 Å². The molecule has 0 N–H and O–H groups in total. The number of nitriles is 1. The maximum absolute atomic E-state index is 12.7. The van der Waals surface area contributed by atoms with Crippen LogP contribution in [0.1, 0.15) is 11.1 Å². The lowest BCUT2D eigenvalue weighted by Crippen LogP contribution is -2.10. The summed E-state index contributed by atoms with van der Waals surface area (Å²) in [7, 11) is -2.50. The van der Waals surface area contributed by atoms with E-state index in [1.807, 2.05) is 0 Å².